The van der Waals surface area contributed by atoms with Crippen molar-refractivity contribution in [3.8, 4) is 0 Å². The van der Waals surface area contributed by atoms with E-state index in [1.165, 1.54) is 6.07 Å². The summed E-state index contributed by atoms with van der Waals surface area (Å²) in [5.41, 5.74) is 0.790. The summed E-state index contributed by atoms with van der Waals surface area (Å²) in [6, 6.07) is 4.00. The molecule has 0 radical (unpaired) electrons. The maximum Gasteiger partial charge on any atom is 0.483 e. The van der Waals surface area contributed by atoms with Crippen molar-refractivity contribution in [1.82, 2.24) is 0 Å². The number of rotatable bonds is 8. The lowest BCUT2D eigenvalue weighted by Crippen LogP contribution is -2.28. The average Bonchev–Trinajstić information content (AvgIpc) is 2.40. The predicted octanol–water partition coefficient (Wildman–Crippen LogP) is 2.70. The Kier molecular flexibility index (Phi) is 7.15. The molecule has 0 N–H and O–H groups in total. The first-order valence-corrected chi connectivity index (χ1v) is 7.63. The standard InChI is InChI=1S/C13H20F2O3Si/c1-10(18-19(16-2)17-3)5-4-6-11-7-8-12(14)13(15)9-11/h7-10,19H,4-6H2,1-3H3. The summed E-state index contributed by atoms with van der Waals surface area (Å²) in [7, 11) is 1.14. The number of hydrogen-bond acceptors (Lipinski definition) is 3. The molecule has 0 spiro atoms. The van der Waals surface area contributed by atoms with E-state index in [1.807, 2.05) is 6.92 Å². The maximum atomic E-state index is 13.0. The molecule has 0 aromatic heterocycles. The van der Waals surface area contributed by atoms with Crippen molar-refractivity contribution in [2.24, 2.45) is 0 Å². The Morgan fingerprint density at radius 1 is 1.16 bits per heavy atom. The van der Waals surface area contributed by atoms with Crippen LogP contribution in [0.2, 0.25) is 0 Å². The molecule has 1 atom stereocenters. The van der Waals surface area contributed by atoms with E-state index < -0.39 is 21.2 Å². The fraction of sp³-hybridized carbons (Fsp3) is 0.538. The van der Waals surface area contributed by atoms with Gasteiger partial charge >= 0.3 is 9.53 Å². The summed E-state index contributed by atoms with van der Waals surface area (Å²) in [5, 5.41) is 0. The van der Waals surface area contributed by atoms with Gasteiger partial charge in [-0.2, -0.15) is 0 Å². The van der Waals surface area contributed by atoms with Crippen LogP contribution in [-0.4, -0.2) is 29.9 Å². The van der Waals surface area contributed by atoms with Gasteiger partial charge in [0.1, 0.15) is 0 Å². The molecule has 1 rings (SSSR count). The molecule has 0 aliphatic carbocycles. The van der Waals surface area contributed by atoms with Crippen molar-refractivity contribution in [3.63, 3.8) is 0 Å². The second-order valence-corrected chi connectivity index (χ2v) is 6.14. The minimum Gasteiger partial charge on any atom is -0.379 e. The molecule has 0 aliphatic heterocycles. The number of hydrogen-bond donors (Lipinski definition) is 0. The molecule has 0 amide bonds. The molecule has 0 saturated carbocycles. The third-order valence-corrected chi connectivity index (χ3v) is 4.25. The fourth-order valence-electron chi connectivity index (χ4n) is 1.75. The highest BCUT2D eigenvalue weighted by molar-refractivity contribution is 6.36. The molecule has 0 saturated heterocycles. The van der Waals surface area contributed by atoms with Gasteiger partial charge in [0, 0.05) is 20.3 Å². The molecule has 6 heteroatoms. The molecule has 108 valence electrons. The first-order chi connectivity index (χ1) is 9.06. The second kappa shape index (κ2) is 8.37. The summed E-state index contributed by atoms with van der Waals surface area (Å²) >= 11 is 0. The van der Waals surface area contributed by atoms with Crippen LogP contribution in [0.1, 0.15) is 25.3 Å². The van der Waals surface area contributed by atoms with Crippen LogP contribution in [0.25, 0.3) is 0 Å². The Labute approximate surface area is 114 Å². The van der Waals surface area contributed by atoms with Gasteiger partial charge in [0.2, 0.25) is 0 Å². The van der Waals surface area contributed by atoms with E-state index >= 15 is 0 Å². The molecule has 19 heavy (non-hydrogen) atoms. The van der Waals surface area contributed by atoms with Gasteiger partial charge in [0.25, 0.3) is 0 Å². The quantitative estimate of drug-likeness (QED) is 0.689. The Balaban J connectivity index is 2.31. The van der Waals surface area contributed by atoms with E-state index in [4.69, 9.17) is 13.3 Å². The van der Waals surface area contributed by atoms with Crippen molar-refractivity contribution in [2.45, 2.75) is 32.3 Å². The van der Waals surface area contributed by atoms with Gasteiger partial charge in [-0.15, -0.1) is 0 Å². The van der Waals surface area contributed by atoms with E-state index in [-0.39, 0.29) is 6.10 Å². The van der Waals surface area contributed by atoms with Crippen LogP contribution in [0.5, 0.6) is 0 Å². The second-order valence-electron chi connectivity index (χ2n) is 4.35. The zero-order valence-electron chi connectivity index (χ0n) is 11.5. The molecular formula is C13H20F2O3Si. The normalized spacial score (nSPS) is 12.9. The van der Waals surface area contributed by atoms with Gasteiger partial charge in [-0.05, 0) is 43.9 Å². The van der Waals surface area contributed by atoms with Gasteiger partial charge in [0.15, 0.2) is 11.6 Å². The lowest BCUT2D eigenvalue weighted by Gasteiger charge is -2.17. The molecule has 0 fully saturated rings. The molecule has 1 unspecified atom stereocenters. The van der Waals surface area contributed by atoms with Crippen molar-refractivity contribution >= 4 is 9.53 Å². The maximum absolute atomic E-state index is 13.0. The van der Waals surface area contributed by atoms with Crippen molar-refractivity contribution in [3.05, 3.63) is 35.4 Å². The third kappa shape index (κ3) is 5.77. The van der Waals surface area contributed by atoms with Gasteiger partial charge in [-0.25, -0.2) is 8.78 Å². The summed E-state index contributed by atoms with van der Waals surface area (Å²) in [5.74, 6) is -1.61. The molecule has 0 heterocycles. The summed E-state index contributed by atoms with van der Waals surface area (Å²) in [6.45, 7) is 1.95. The molecule has 1 aromatic carbocycles. The molecule has 3 nitrogen and oxygen atoms in total. The van der Waals surface area contributed by atoms with Crippen LogP contribution in [0.4, 0.5) is 8.78 Å². The van der Waals surface area contributed by atoms with E-state index in [2.05, 4.69) is 0 Å². The monoisotopic (exact) mass is 290 g/mol. The summed E-state index contributed by atoms with van der Waals surface area (Å²) in [4.78, 5) is 0. The minimum atomic E-state index is -1.99. The highest BCUT2D eigenvalue weighted by atomic mass is 28.3. The molecule has 0 aliphatic rings. The average molecular weight is 290 g/mol. The van der Waals surface area contributed by atoms with Gasteiger partial charge in [0.05, 0.1) is 0 Å². The van der Waals surface area contributed by atoms with Crippen molar-refractivity contribution < 1.29 is 22.1 Å². The fourth-order valence-corrected chi connectivity index (χ4v) is 2.68. The molecule has 0 bridgehead atoms. The molecular weight excluding hydrogens is 270 g/mol. The summed E-state index contributed by atoms with van der Waals surface area (Å²) in [6.07, 6.45) is 2.37. The molecule has 1 aromatic rings. The minimum absolute atomic E-state index is 0.0295. The lowest BCUT2D eigenvalue weighted by atomic mass is 10.1. The topological polar surface area (TPSA) is 27.7 Å². The van der Waals surface area contributed by atoms with E-state index in [0.717, 1.165) is 24.5 Å². The lowest BCUT2D eigenvalue weighted by molar-refractivity contribution is 0.0897. The van der Waals surface area contributed by atoms with Crippen LogP contribution in [0.3, 0.4) is 0 Å². The number of halogens is 2. The zero-order valence-corrected chi connectivity index (χ0v) is 12.6. The smallest absolute Gasteiger partial charge is 0.379 e. The van der Waals surface area contributed by atoms with Crippen LogP contribution in [0, 0.1) is 11.6 Å². The Morgan fingerprint density at radius 2 is 1.84 bits per heavy atom. The third-order valence-electron chi connectivity index (χ3n) is 2.79. The van der Waals surface area contributed by atoms with Crippen LogP contribution < -0.4 is 0 Å². The number of aryl methyl sites for hydroxylation is 1. The highest BCUT2D eigenvalue weighted by Gasteiger charge is 2.15. The first kappa shape index (κ1) is 16.2. The van der Waals surface area contributed by atoms with Crippen LogP contribution >= 0.6 is 0 Å². The largest absolute Gasteiger partial charge is 0.483 e. The van der Waals surface area contributed by atoms with Gasteiger partial charge in [-0.1, -0.05) is 6.07 Å². The SMILES string of the molecule is CO[SiH](OC)OC(C)CCCc1ccc(F)c(F)c1. The van der Waals surface area contributed by atoms with E-state index in [9.17, 15) is 8.78 Å². The van der Waals surface area contributed by atoms with Crippen molar-refractivity contribution in [1.29, 1.82) is 0 Å². The first-order valence-electron chi connectivity index (χ1n) is 6.21. The Hall–Kier alpha value is -0.823. The number of benzene rings is 1. The van der Waals surface area contributed by atoms with E-state index in [1.54, 1.807) is 20.3 Å². The van der Waals surface area contributed by atoms with Crippen molar-refractivity contribution in [2.75, 3.05) is 14.2 Å². The summed E-state index contributed by atoms with van der Waals surface area (Å²) < 4.78 is 41.5. The van der Waals surface area contributed by atoms with Gasteiger partial charge in [-0.3, -0.25) is 0 Å². The highest BCUT2D eigenvalue weighted by Crippen LogP contribution is 2.13. The predicted molar refractivity (Wildman–Crippen MR) is 71.0 cm³/mol. The Bertz CT molecular complexity index is 386. The van der Waals surface area contributed by atoms with Gasteiger partial charge < -0.3 is 13.3 Å². The Morgan fingerprint density at radius 3 is 2.42 bits per heavy atom. The van der Waals surface area contributed by atoms with Crippen LogP contribution in [0.15, 0.2) is 18.2 Å². The van der Waals surface area contributed by atoms with E-state index in [0.29, 0.717) is 6.42 Å². The zero-order chi connectivity index (χ0) is 14.3. The van der Waals surface area contributed by atoms with Crippen LogP contribution in [-0.2, 0) is 19.7 Å².